The largest absolute Gasteiger partial charge is 0.322 e. The van der Waals surface area contributed by atoms with Crippen molar-refractivity contribution < 1.29 is 4.79 Å². The number of halogens is 3. The first kappa shape index (κ1) is 15.2. The number of hydrogen-bond acceptors (Lipinski definition) is 1. The Balaban J connectivity index is 2.33. The standard InChI is InChI=1S/C15H12Cl3NO/c1-9(16)10-5-2-3-8-13(10)19-15(20)14-11(17)6-4-7-12(14)18/h2-9H,1H3,(H,19,20). The van der Waals surface area contributed by atoms with Gasteiger partial charge in [-0.15, -0.1) is 11.6 Å². The van der Waals surface area contributed by atoms with Crippen LogP contribution in [0.25, 0.3) is 0 Å². The first-order valence-electron chi connectivity index (χ1n) is 5.99. The summed E-state index contributed by atoms with van der Waals surface area (Å²) in [5.74, 6) is -0.356. The molecule has 1 atom stereocenters. The predicted molar refractivity (Wildman–Crippen MR) is 85.1 cm³/mol. The van der Waals surface area contributed by atoms with E-state index in [4.69, 9.17) is 34.8 Å². The second-order valence-electron chi connectivity index (χ2n) is 4.25. The molecule has 5 heteroatoms. The highest BCUT2D eigenvalue weighted by atomic mass is 35.5. The van der Waals surface area contributed by atoms with Crippen molar-refractivity contribution in [1.82, 2.24) is 0 Å². The lowest BCUT2D eigenvalue weighted by molar-refractivity contribution is 0.102. The summed E-state index contributed by atoms with van der Waals surface area (Å²) in [4.78, 5) is 12.3. The van der Waals surface area contributed by atoms with Crippen LogP contribution < -0.4 is 5.32 Å². The van der Waals surface area contributed by atoms with Crippen LogP contribution in [0.4, 0.5) is 5.69 Å². The Morgan fingerprint density at radius 1 is 1.05 bits per heavy atom. The lowest BCUT2D eigenvalue weighted by atomic mass is 10.1. The van der Waals surface area contributed by atoms with E-state index in [-0.39, 0.29) is 16.8 Å². The van der Waals surface area contributed by atoms with Crippen molar-refractivity contribution in [3.05, 3.63) is 63.6 Å². The molecule has 2 nitrogen and oxygen atoms in total. The monoisotopic (exact) mass is 327 g/mol. The second kappa shape index (κ2) is 6.49. The van der Waals surface area contributed by atoms with Crippen molar-refractivity contribution in [2.24, 2.45) is 0 Å². The number of amides is 1. The highest BCUT2D eigenvalue weighted by Crippen LogP contribution is 2.29. The number of para-hydroxylation sites is 1. The van der Waals surface area contributed by atoms with Gasteiger partial charge in [0.15, 0.2) is 0 Å². The first-order chi connectivity index (χ1) is 9.50. The van der Waals surface area contributed by atoms with E-state index in [1.165, 1.54) is 0 Å². The van der Waals surface area contributed by atoms with Crippen LogP contribution in [0.3, 0.4) is 0 Å². The molecule has 0 saturated carbocycles. The molecule has 2 rings (SSSR count). The number of alkyl halides is 1. The summed E-state index contributed by atoms with van der Waals surface area (Å²) in [7, 11) is 0. The number of hydrogen-bond donors (Lipinski definition) is 1. The van der Waals surface area contributed by atoms with Gasteiger partial charge in [0.1, 0.15) is 0 Å². The lowest BCUT2D eigenvalue weighted by Crippen LogP contribution is -2.14. The molecule has 0 aromatic heterocycles. The molecule has 0 saturated heterocycles. The van der Waals surface area contributed by atoms with Crippen LogP contribution in [0.2, 0.25) is 10.0 Å². The highest BCUT2D eigenvalue weighted by molar-refractivity contribution is 6.40. The Kier molecular flexibility index (Phi) is 4.92. The maximum absolute atomic E-state index is 12.3. The maximum atomic E-state index is 12.3. The summed E-state index contributed by atoms with van der Waals surface area (Å²) in [6.07, 6.45) is 0. The van der Waals surface area contributed by atoms with Gasteiger partial charge < -0.3 is 5.32 Å². The van der Waals surface area contributed by atoms with E-state index in [9.17, 15) is 4.79 Å². The van der Waals surface area contributed by atoms with Crippen LogP contribution in [-0.4, -0.2) is 5.91 Å². The van der Waals surface area contributed by atoms with Gasteiger partial charge in [-0.1, -0.05) is 47.5 Å². The normalized spacial score (nSPS) is 12.0. The molecule has 2 aromatic rings. The van der Waals surface area contributed by atoms with Gasteiger partial charge in [0.2, 0.25) is 0 Å². The van der Waals surface area contributed by atoms with Crippen molar-refractivity contribution in [1.29, 1.82) is 0 Å². The van der Waals surface area contributed by atoms with Crippen LogP contribution in [0, 0.1) is 0 Å². The molecule has 1 N–H and O–H groups in total. The predicted octanol–water partition coefficient (Wildman–Crippen LogP) is 5.55. The SMILES string of the molecule is CC(Cl)c1ccccc1NC(=O)c1c(Cl)cccc1Cl. The average Bonchev–Trinajstić information content (AvgIpc) is 2.38. The summed E-state index contributed by atoms with van der Waals surface area (Å²) in [5, 5.41) is 3.21. The number of anilines is 1. The molecule has 1 amide bonds. The third-order valence-electron chi connectivity index (χ3n) is 2.83. The Labute approximate surface area is 132 Å². The fraction of sp³-hybridized carbons (Fsp3) is 0.133. The summed E-state index contributed by atoms with van der Waals surface area (Å²) < 4.78 is 0. The molecule has 0 fully saturated rings. The molecule has 0 aliphatic carbocycles. The van der Waals surface area contributed by atoms with E-state index in [1.54, 1.807) is 24.3 Å². The van der Waals surface area contributed by atoms with E-state index in [2.05, 4.69) is 5.32 Å². The van der Waals surface area contributed by atoms with Crippen molar-refractivity contribution in [3.63, 3.8) is 0 Å². The molecule has 0 bridgehead atoms. The van der Waals surface area contributed by atoms with E-state index in [0.29, 0.717) is 15.7 Å². The van der Waals surface area contributed by atoms with Gasteiger partial charge in [0.25, 0.3) is 5.91 Å². The Bertz CT molecular complexity index is 621. The summed E-state index contributed by atoms with van der Waals surface area (Å²) in [6, 6.07) is 12.3. The van der Waals surface area contributed by atoms with Gasteiger partial charge in [0, 0.05) is 5.69 Å². The average molecular weight is 329 g/mol. The van der Waals surface area contributed by atoms with E-state index in [0.717, 1.165) is 5.56 Å². The molecule has 104 valence electrons. The van der Waals surface area contributed by atoms with Crippen LogP contribution in [-0.2, 0) is 0 Å². The zero-order valence-corrected chi connectivity index (χ0v) is 12.9. The molecular weight excluding hydrogens is 317 g/mol. The molecular formula is C15H12Cl3NO. The van der Waals surface area contributed by atoms with Crippen LogP contribution in [0.15, 0.2) is 42.5 Å². The van der Waals surface area contributed by atoms with E-state index in [1.807, 2.05) is 25.1 Å². The van der Waals surface area contributed by atoms with Crippen molar-refractivity contribution >= 4 is 46.4 Å². The minimum atomic E-state index is -0.356. The van der Waals surface area contributed by atoms with E-state index >= 15 is 0 Å². The molecule has 0 spiro atoms. The Hall–Kier alpha value is -1.22. The Morgan fingerprint density at radius 3 is 2.25 bits per heavy atom. The van der Waals surface area contributed by atoms with Gasteiger partial charge in [-0.2, -0.15) is 0 Å². The first-order valence-corrected chi connectivity index (χ1v) is 7.18. The number of rotatable bonds is 3. The number of carbonyl (C=O) groups excluding carboxylic acids is 1. The molecule has 0 aliphatic heterocycles. The Morgan fingerprint density at radius 2 is 1.65 bits per heavy atom. The fourth-order valence-corrected chi connectivity index (χ4v) is 2.62. The zero-order valence-electron chi connectivity index (χ0n) is 10.7. The smallest absolute Gasteiger partial charge is 0.258 e. The van der Waals surface area contributed by atoms with Crippen LogP contribution >= 0.6 is 34.8 Å². The molecule has 20 heavy (non-hydrogen) atoms. The quantitative estimate of drug-likeness (QED) is 0.736. The molecule has 2 aromatic carbocycles. The van der Waals surface area contributed by atoms with Crippen molar-refractivity contribution in [3.8, 4) is 0 Å². The summed E-state index contributed by atoms with van der Waals surface area (Å²) in [5.41, 5.74) is 1.74. The molecule has 0 radical (unpaired) electrons. The molecule has 0 aliphatic rings. The number of carbonyl (C=O) groups is 1. The van der Waals surface area contributed by atoms with Crippen LogP contribution in [0.5, 0.6) is 0 Å². The lowest BCUT2D eigenvalue weighted by Gasteiger charge is -2.13. The van der Waals surface area contributed by atoms with Crippen LogP contribution in [0.1, 0.15) is 28.2 Å². The van der Waals surface area contributed by atoms with E-state index < -0.39 is 0 Å². The zero-order chi connectivity index (χ0) is 14.7. The number of benzene rings is 2. The van der Waals surface area contributed by atoms with Crippen molar-refractivity contribution in [2.75, 3.05) is 5.32 Å². The fourth-order valence-electron chi connectivity index (χ4n) is 1.86. The van der Waals surface area contributed by atoms with Gasteiger partial charge in [-0.25, -0.2) is 0 Å². The minimum Gasteiger partial charge on any atom is -0.322 e. The topological polar surface area (TPSA) is 29.1 Å². The highest BCUT2D eigenvalue weighted by Gasteiger charge is 2.16. The van der Waals surface area contributed by atoms with Gasteiger partial charge in [-0.05, 0) is 30.7 Å². The summed E-state index contributed by atoms with van der Waals surface area (Å²) in [6.45, 7) is 1.84. The second-order valence-corrected chi connectivity index (χ2v) is 5.72. The van der Waals surface area contributed by atoms with Gasteiger partial charge >= 0.3 is 0 Å². The van der Waals surface area contributed by atoms with Gasteiger partial charge in [0.05, 0.1) is 21.0 Å². The maximum Gasteiger partial charge on any atom is 0.258 e. The van der Waals surface area contributed by atoms with Crippen molar-refractivity contribution in [2.45, 2.75) is 12.3 Å². The molecule has 1 unspecified atom stereocenters. The third kappa shape index (κ3) is 3.26. The molecule has 0 heterocycles. The van der Waals surface area contributed by atoms with Gasteiger partial charge in [-0.3, -0.25) is 4.79 Å². The third-order valence-corrected chi connectivity index (χ3v) is 3.69. The number of nitrogens with one attached hydrogen (secondary N) is 1. The summed E-state index contributed by atoms with van der Waals surface area (Å²) >= 11 is 18.1. The minimum absolute atomic E-state index is 0.215.